The van der Waals surface area contributed by atoms with Gasteiger partial charge in [-0.25, -0.2) is 0 Å². The lowest BCUT2D eigenvalue weighted by molar-refractivity contribution is -0.149. The van der Waals surface area contributed by atoms with Gasteiger partial charge < -0.3 is 19.1 Å². The third-order valence-corrected chi connectivity index (χ3v) is 5.03. The number of carbonyl (C=O) groups is 2. The fraction of sp³-hybridized carbons (Fsp3) is 0.409. The normalized spacial score (nSPS) is 16.2. The quantitative estimate of drug-likeness (QED) is 0.696. The number of pyridine rings is 1. The molecule has 1 amide bonds. The molecule has 0 saturated carbocycles. The van der Waals surface area contributed by atoms with E-state index in [9.17, 15) is 9.59 Å². The molecule has 1 aliphatic heterocycles. The Labute approximate surface area is 170 Å². The summed E-state index contributed by atoms with van der Waals surface area (Å²) >= 11 is 0. The van der Waals surface area contributed by atoms with Gasteiger partial charge in [-0.2, -0.15) is 0 Å². The third kappa shape index (κ3) is 4.67. The molecule has 29 heavy (non-hydrogen) atoms. The summed E-state index contributed by atoms with van der Waals surface area (Å²) in [6, 6.07) is 7.37. The van der Waals surface area contributed by atoms with Crippen molar-refractivity contribution in [3.8, 4) is 22.6 Å². The van der Waals surface area contributed by atoms with E-state index < -0.39 is 0 Å². The summed E-state index contributed by atoms with van der Waals surface area (Å²) in [6.07, 6.45) is 4.78. The van der Waals surface area contributed by atoms with Gasteiger partial charge in [0.15, 0.2) is 11.5 Å². The highest BCUT2D eigenvalue weighted by atomic mass is 16.5. The molecular weight excluding hydrogens is 372 g/mol. The van der Waals surface area contributed by atoms with Crippen LogP contribution in [0.15, 0.2) is 36.7 Å². The van der Waals surface area contributed by atoms with Crippen molar-refractivity contribution in [2.24, 2.45) is 5.92 Å². The SMILES string of the molecule is CCOC(=O)C1CCCN(C(=O)c2cncc(-c3ccc(OC)c(OC)c3)c2)C1. The van der Waals surface area contributed by atoms with Gasteiger partial charge in [-0.1, -0.05) is 6.07 Å². The topological polar surface area (TPSA) is 78.0 Å². The second-order valence-corrected chi connectivity index (χ2v) is 6.87. The van der Waals surface area contributed by atoms with Crippen LogP contribution in [0, 0.1) is 5.92 Å². The molecule has 0 aliphatic carbocycles. The predicted octanol–water partition coefficient (Wildman–Crippen LogP) is 3.18. The Morgan fingerprint density at radius 1 is 1.10 bits per heavy atom. The van der Waals surface area contributed by atoms with E-state index in [0.717, 1.165) is 24.0 Å². The summed E-state index contributed by atoms with van der Waals surface area (Å²) < 4.78 is 15.8. The molecule has 1 aliphatic rings. The van der Waals surface area contributed by atoms with E-state index in [1.807, 2.05) is 24.3 Å². The van der Waals surface area contributed by atoms with Crippen LogP contribution in [-0.4, -0.2) is 55.7 Å². The molecule has 7 heteroatoms. The minimum Gasteiger partial charge on any atom is -0.493 e. The Morgan fingerprint density at radius 2 is 1.90 bits per heavy atom. The molecule has 2 heterocycles. The maximum Gasteiger partial charge on any atom is 0.310 e. The number of likely N-dealkylation sites (tertiary alicyclic amines) is 1. The second-order valence-electron chi connectivity index (χ2n) is 6.87. The average Bonchev–Trinajstić information content (AvgIpc) is 2.78. The van der Waals surface area contributed by atoms with Crippen LogP contribution in [0.25, 0.3) is 11.1 Å². The Balaban J connectivity index is 1.80. The van der Waals surface area contributed by atoms with Crippen molar-refractivity contribution < 1.29 is 23.8 Å². The van der Waals surface area contributed by atoms with Crippen molar-refractivity contribution in [1.82, 2.24) is 9.88 Å². The first-order valence-electron chi connectivity index (χ1n) is 9.70. The van der Waals surface area contributed by atoms with Crippen molar-refractivity contribution >= 4 is 11.9 Å². The van der Waals surface area contributed by atoms with E-state index in [4.69, 9.17) is 14.2 Å². The molecule has 0 spiro atoms. The molecule has 3 rings (SSSR count). The lowest BCUT2D eigenvalue weighted by Crippen LogP contribution is -2.42. The largest absolute Gasteiger partial charge is 0.493 e. The Morgan fingerprint density at radius 3 is 2.62 bits per heavy atom. The first kappa shape index (κ1) is 20.6. The van der Waals surface area contributed by atoms with Gasteiger partial charge in [-0.3, -0.25) is 14.6 Å². The highest BCUT2D eigenvalue weighted by molar-refractivity contribution is 5.95. The van der Waals surface area contributed by atoms with Crippen LogP contribution in [0.3, 0.4) is 0 Å². The zero-order chi connectivity index (χ0) is 20.8. The first-order chi connectivity index (χ1) is 14.1. The minimum absolute atomic E-state index is 0.131. The number of nitrogens with zero attached hydrogens (tertiary/aromatic N) is 2. The van der Waals surface area contributed by atoms with Crippen molar-refractivity contribution in [1.29, 1.82) is 0 Å². The van der Waals surface area contributed by atoms with Crippen LogP contribution in [-0.2, 0) is 9.53 Å². The molecule has 1 fully saturated rings. The summed E-state index contributed by atoms with van der Waals surface area (Å²) in [5, 5.41) is 0. The maximum absolute atomic E-state index is 13.0. The fourth-order valence-corrected chi connectivity index (χ4v) is 3.53. The van der Waals surface area contributed by atoms with E-state index in [1.54, 1.807) is 38.4 Å². The number of rotatable bonds is 6. The molecule has 7 nitrogen and oxygen atoms in total. The van der Waals surface area contributed by atoms with Gasteiger partial charge in [-0.15, -0.1) is 0 Å². The molecule has 154 valence electrons. The lowest BCUT2D eigenvalue weighted by Gasteiger charge is -2.31. The fourth-order valence-electron chi connectivity index (χ4n) is 3.53. The second kappa shape index (κ2) is 9.41. The van der Waals surface area contributed by atoms with Crippen LogP contribution in [0.4, 0.5) is 0 Å². The first-order valence-corrected chi connectivity index (χ1v) is 9.70. The number of aromatic nitrogens is 1. The number of methoxy groups -OCH3 is 2. The van der Waals surface area contributed by atoms with E-state index in [2.05, 4.69) is 4.98 Å². The molecule has 1 atom stereocenters. The smallest absolute Gasteiger partial charge is 0.310 e. The van der Waals surface area contributed by atoms with Crippen molar-refractivity contribution in [3.63, 3.8) is 0 Å². The van der Waals surface area contributed by atoms with Gasteiger partial charge >= 0.3 is 5.97 Å². The zero-order valence-corrected chi connectivity index (χ0v) is 17.0. The third-order valence-electron chi connectivity index (χ3n) is 5.03. The highest BCUT2D eigenvalue weighted by Gasteiger charge is 2.30. The molecule has 0 N–H and O–H groups in total. The predicted molar refractivity (Wildman–Crippen MR) is 108 cm³/mol. The van der Waals surface area contributed by atoms with Gasteiger partial charge in [0.05, 0.1) is 32.3 Å². The van der Waals surface area contributed by atoms with Crippen LogP contribution in [0.5, 0.6) is 11.5 Å². The Kier molecular flexibility index (Phi) is 6.69. The number of amides is 1. The molecule has 1 aromatic heterocycles. The van der Waals surface area contributed by atoms with Crippen LogP contribution >= 0.6 is 0 Å². The molecule has 0 bridgehead atoms. The van der Waals surface area contributed by atoms with Gasteiger partial charge in [0, 0.05) is 31.0 Å². The Bertz CT molecular complexity index is 883. The molecule has 1 saturated heterocycles. The van der Waals surface area contributed by atoms with Gasteiger partial charge in [0.2, 0.25) is 0 Å². The van der Waals surface area contributed by atoms with E-state index in [1.165, 1.54) is 0 Å². The molecular formula is C22H26N2O5. The lowest BCUT2D eigenvalue weighted by atomic mass is 9.97. The highest BCUT2D eigenvalue weighted by Crippen LogP contribution is 2.32. The van der Waals surface area contributed by atoms with E-state index in [-0.39, 0.29) is 17.8 Å². The number of hydrogen-bond donors (Lipinski definition) is 0. The van der Waals surface area contributed by atoms with Crippen molar-refractivity contribution in [2.45, 2.75) is 19.8 Å². The number of benzene rings is 1. The molecule has 1 aromatic carbocycles. The number of piperidine rings is 1. The van der Waals surface area contributed by atoms with Crippen molar-refractivity contribution in [3.05, 3.63) is 42.2 Å². The van der Waals surface area contributed by atoms with Gasteiger partial charge in [-0.05, 0) is 43.5 Å². The molecule has 0 radical (unpaired) electrons. The molecule has 1 unspecified atom stereocenters. The standard InChI is InChI=1S/C22H26N2O5/c1-4-29-22(26)16-6-5-9-24(14-16)21(25)18-10-17(12-23-13-18)15-7-8-19(27-2)20(11-15)28-3/h7-8,10-13,16H,4-6,9,14H2,1-3H3. The van der Waals surface area contributed by atoms with E-state index in [0.29, 0.717) is 36.8 Å². The summed E-state index contributed by atoms with van der Waals surface area (Å²) in [5.41, 5.74) is 2.16. The summed E-state index contributed by atoms with van der Waals surface area (Å²) in [6.45, 7) is 3.13. The minimum atomic E-state index is -0.269. The monoisotopic (exact) mass is 398 g/mol. The molecule has 2 aromatic rings. The summed E-state index contributed by atoms with van der Waals surface area (Å²) in [7, 11) is 3.16. The number of hydrogen-bond acceptors (Lipinski definition) is 6. The van der Waals surface area contributed by atoms with Gasteiger partial charge in [0.1, 0.15) is 0 Å². The number of carbonyl (C=O) groups excluding carboxylic acids is 2. The van der Waals surface area contributed by atoms with Crippen LogP contribution in [0.1, 0.15) is 30.1 Å². The van der Waals surface area contributed by atoms with Crippen LogP contribution in [0.2, 0.25) is 0 Å². The number of ether oxygens (including phenoxy) is 3. The zero-order valence-electron chi connectivity index (χ0n) is 17.0. The maximum atomic E-state index is 13.0. The van der Waals surface area contributed by atoms with Gasteiger partial charge in [0.25, 0.3) is 5.91 Å². The average molecular weight is 398 g/mol. The summed E-state index contributed by atoms with van der Waals surface area (Å²) in [5.74, 6) is 0.607. The van der Waals surface area contributed by atoms with E-state index >= 15 is 0 Å². The number of esters is 1. The summed E-state index contributed by atoms with van der Waals surface area (Å²) in [4.78, 5) is 31.0. The van der Waals surface area contributed by atoms with Crippen LogP contribution < -0.4 is 9.47 Å². The Hall–Kier alpha value is -3.09. The van der Waals surface area contributed by atoms with Crippen molar-refractivity contribution in [2.75, 3.05) is 33.9 Å².